The number of benzene rings is 5. The van der Waals surface area contributed by atoms with E-state index in [0.29, 0.717) is 56.7 Å². The summed E-state index contributed by atoms with van der Waals surface area (Å²) in [5.74, 6) is -0.179. The molecule has 0 saturated carbocycles. The molecular formula is C48H41Cl2N3O9. The first-order valence-corrected chi connectivity index (χ1v) is 20.7. The molecule has 2 N–H and O–H groups in total. The standard InChI is InChI=1S/C48H41Cl2N3O9/c1-26(54)31-9-11-33(12-10-31)32-7-4-29(5-8-32)19-40(48(57)58)52-46(55)41-20-35-21-42-43(22-36(35)23-53(41)47(56)45-27(2)61-28(3)51-45)62-44(25-60-42)34-13-15-37(16-14-34)59-24-30-6-17-38(49)39(50)18-30/h4-18,21-22,40-41,44H,19-20,23-25H2,1-3H3,(H,52,55)(H,57,58)/t40-,41-,44+/m0/s1. The van der Waals surface area contributed by atoms with Crippen molar-refractivity contribution in [2.24, 2.45) is 0 Å². The molecule has 2 amide bonds. The number of aliphatic carboxylic acids is 1. The smallest absolute Gasteiger partial charge is 0.326 e. The van der Waals surface area contributed by atoms with Gasteiger partial charge in [-0.25, -0.2) is 9.78 Å². The number of oxazole rings is 1. The average molecular weight is 875 g/mol. The molecule has 2 aliphatic rings. The molecule has 14 heteroatoms. The van der Waals surface area contributed by atoms with E-state index in [4.69, 9.17) is 41.8 Å². The Morgan fingerprint density at radius 3 is 2.18 bits per heavy atom. The van der Waals surface area contributed by atoms with Crippen LogP contribution in [0.5, 0.6) is 17.2 Å². The van der Waals surface area contributed by atoms with E-state index in [0.717, 1.165) is 33.4 Å². The Labute approximate surface area is 367 Å². The Hall–Kier alpha value is -6.63. The van der Waals surface area contributed by atoms with Gasteiger partial charge in [0.1, 0.15) is 36.8 Å². The number of carboxylic acids is 1. The van der Waals surface area contributed by atoms with Crippen molar-refractivity contribution in [2.75, 3.05) is 6.61 Å². The lowest BCUT2D eigenvalue weighted by atomic mass is 9.91. The third-order valence-electron chi connectivity index (χ3n) is 11.0. The fourth-order valence-electron chi connectivity index (χ4n) is 7.64. The van der Waals surface area contributed by atoms with Gasteiger partial charge in [0.25, 0.3) is 5.91 Å². The van der Waals surface area contributed by atoms with Crippen molar-refractivity contribution in [3.8, 4) is 28.4 Å². The lowest BCUT2D eigenvalue weighted by Gasteiger charge is -2.37. The number of carbonyl (C=O) groups is 4. The number of rotatable bonds is 12. The number of ketones is 1. The minimum absolute atomic E-state index is 0.00218. The highest BCUT2D eigenvalue weighted by atomic mass is 35.5. The van der Waals surface area contributed by atoms with E-state index in [9.17, 15) is 24.3 Å². The number of aryl methyl sites for hydroxylation is 2. The van der Waals surface area contributed by atoms with Crippen molar-refractivity contribution in [1.29, 1.82) is 0 Å². The van der Waals surface area contributed by atoms with Gasteiger partial charge >= 0.3 is 5.97 Å². The van der Waals surface area contributed by atoms with E-state index >= 15 is 0 Å². The molecule has 1 aromatic heterocycles. The van der Waals surface area contributed by atoms with Gasteiger partial charge in [-0.1, -0.05) is 89.9 Å². The SMILES string of the molecule is CC(=O)c1ccc(-c2ccc(C[C@H](NC(=O)[C@@H]3Cc4cc5c(cc4CN3C(=O)c3nc(C)oc3C)O[C@@H](c3ccc(OCc4ccc(Cl)c(Cl)c4)cc3)CO5)C(=O)O)cc2)cc1. The van der Waals surface area contributed by atoms with Crippen molar-refractivity contribution in [3.63, 3.8) is 0 Å². The molecule has 6 aromatic rings. The third kappa shape index (κ3) is 9.17. The van der Waals surface area contributed by atoms with Crippen LogP contribution in [0.2, 0.25) is 10.0 Å². The summed E-state index contributed by atoms with van der Waals surface area (Å²) in [5.41, 5.74) is 6.38. The Morgan fingerprint density at radius 2 is 1.53 bits per heavy atom. The van der Waals surface area contributed by atoms with Crippen molar-refractivity contribution in [3.05, 3.63) is 164 Å². The molecular weight excluding hydrogens is 833 g/mol. The quantitative estimate of drug-likeness (QED) is 0.114. The second-order valence-corrected chi connectivity index (χ2v) is 16.1. The highest BCUT2D eigenvalue weighted by Gasteiger charge is 2.39. The van der Waals surface area contributed by atoms with E-state index in [2.05, 4.69) is 10.3 Å². The van der Waals surface area contributed by atoms with Gasteiger partial charge < -0.3 is 34.0 Å². The van der Waals surface area contributed by atoms with Crippen molar-refractivity contribution < 1.29 is 42.9 Å². The Kier molecular flexibility index (Phi) is 12.1. The molecule has 3 atom stereocenters. The van der Waals surface area contributed by atoms with Crippen molar-refractivity contribution >= 4 is 46.8 Å². The largest absolute Gasteiger partial charge is 0.489 e. The lowest BCUT2D eigenvalue weighted by molar-refractivity contribution is -0.142. The van der Waals surface area contributed by atoms with Gasteiger partial charge in [-0.15, -0.1) is 0 Å². The van der Waals surface area contributed by atoms with Gasteiger partial charge in [0, 0.05) is 31.9 Å². The normalized spacial score (nSPS) is 15.9. The molecule has 0 bridgehead atoms. The molecule has 5 aromatic carbocycles. The second kappa shape index (κ2) is 17.8. The van der Waals surface area contributed by atoms with Crippen molar-refractivity contribution in [2.45, 2.75) is 65.0 Å². The van der Waals surface area contributed by atoms with E-state index in [1.165, 1.54) is 11.8 Å². The van der Waals surface area contributed by atoms with E-state index in [1.807, 2.05) is 66.7 Å². The van der Waals surface area contributed by atoms with Crippen molar-refractivity contribution in [1.82, 2.24) is 15.2 Å². The zero-order valence-electron chi connectivity index (χ0n) is 33.9. The van der Waals surface area contributed by atoms with Crippen LogP contribution >= 0.6 is 23.2 Å². The summed E-state index contributed by atoms with van der Waals surface area (Å²) in [5, 5.41) is 13.9. The molecule has 2 aliphatic heterocycles. The van der Waals surface area contributed by atoms with Crippen LogP contribution in [0.15, 0.2) is 108 Å². The first kappa shape index (κ1) is 42.1. The summed E-state index contributed by atoms with van der Waals surface area (Å²) >= 11 is 12.2. The van der Waals surface area contributed by atoms with Crippen LogP contribution in [0.4, 0.5) is 0 Å². The summed E-state index contributed by atoms with van der Waals surface area (Å²) < 4.78 is 24.2. The average Bonchev–Trinajstić information content (AvgIpc) is 3.62. The molecule has 3 heterocycles. The number of amides is 2. The summed E-state index contributed by atoms with van der Waals surface area (Å²) in [6.45, 7) is 5.32. The highest BCUT2D eigenvalue weighted by Crippen LogP contribution is 2.41. The van der Waals surface area contributed by atoms with Crippen LogP contribution in [0.3, 0.4) is 0 Å². The summed E-state index contributed by atoms with van der Waals surface area (Å²) in [4.78, 5) is 58.4. The van der Waals surface area contributed by atoms with Crippen LogP contribution in [0.1, 0.15) is 73.3 Å². The maximum Gasteiger partial charge on any atom is 0.326 e. The number of fused-ring (bicyclic) bond motifs is 2. The van der Waals surface area contributed by atoms with Gasteiger partial charge in [-0.3, -0.25) is 14.4 Å². The minimum atomic E-state index is -1.29. The molecule has 8 rings (SSSR count). The fraction of sp³-hybridized carbons (Fsp3) is 0.229. The summed E-state index contributed by atoms with van der Waals surface area (Å²) in [6.07, 6.45) is -0.359. The molecule has 0 fully saturated rings. The van der Waals surface area contributed by atoms with Gasteiger partial charge in [-0.2, -0.15) is 0 Å². The number of Topliss-reactive ketones (excluding diaryl/α,β-unsaturated/α-hetero) is 1. The Bertz CT molecular complexity index is 2680. The number of ether oxygens (including phenoxy) is 3. The van der Waals surface area contributed by atoms with E-state index in [1.54, 1.807) is 50.2 Å². The number of carbonyl (C=O) groups excluding carboxylic acids is 3. The lowest BCUT2D eigenvalue weighted by Crippen LogP contribution is -2.56. The molecule has 0 spiro atoms. The van der Waals surface area contributed by atoms with Gasteiger partial charge in [-0.05, 0) is 89.2 Å². The zero-order chi connectivity index (χ0) is 43.7. The first-order valence-electron chi connectivity index (χ1n) is 19.9. The number of carboxylic acid groups (broad SMARTS) is 1. The van der Waals surface area contributed by atoms with Crippen LogP contribution in [-0.2, 0) is 35.6 Å². The van der Waals surface area contributed by atoms with Crippen LogP contribution in [0.25, 0.3) is 11.1 Å². The molecule has 316 valence electrons. The monoisotopic (exact) mass is 873 g/mol. The van der Waals surface area contributed by atoms with E-state index < -0.39 is 36.0 Å². The molecule has 12 nitrogen and oxygen atoms in total. The maximum absolute atomic E-state index is 14.2. The van der Waals surface area contributed by atoms with E-state index in [-0.39, 0.29) is 37.5 Å². The maximum atomic E-state index is 14.2. The number of nitrogens with one attached hydrogen (secondary N) is 1. The highest BCUT2D eigenvalue weighted by molar-refractivity contribution is 6.42. The second-order valence-electron chi connectivity index (χ2n) is 15.3. The van der Waals surface area contributed by atoms with Gasteiger partial charge in [0.2, 0.25) is 5.91 Å². The topological polar surface area (TPSA) is 158 Å². The number of hydrogen-bond acceptors (Lipinski definition) is 9. The fourth-order valence-corrected chi connectivity index (χ4v) is 7.96. The summed E-state index contributed by atoms with van der Waals surface area (Å²) in [7, 11) is 0. The van der Waals surface area contributed by atoms with Crippen LogP contribution in [-0.4, -0.2) is 57.2 Å². The zero-order valence-corrected chi connectivity index (χ0v) is 35.5. The Morgan fingerprint density at radius 1 is 0.855 bits per heavy atom. The molecule has 0 radical (unpaired) electrons. The predicted octanol–water partition coefficient (Wildman–Crippen LogP) is 8.94. The van der Waals surface area contributed by atoms with Gasteiger partial charge in [0.15, 0.2) is 35.0 Å². The number of halogens is 2. The molecule has 62 heavy (non-hydrogen) atoms. The number of hydrogen-bond donors (Lipinski definition) is 2. The molecule has 0 saturated heterocycles. The molecule has 0 aliphatic carbocycles. The third-order valence-corrected chi connectivity index (χ3v) is 11.7. The predicted molar refractivity (Wildman–Crippen MR) is 231 cm³/mol. The first-order chi connectivity index (χ1) is 29.8. The van der Waals surface area contributed by atoms with Crippen LogP contribution < -0.4 is 19.5 Å². The number of nitrogens with zero attached hydrogens (tertiary/aromatic N) is 2. The molecule has 0 unspecified atom stereocenters. The summed E-state index contributed by atoms with van der Waals surface area (Å²) in [6, 6.07) is 28.7. The Balaban J connectivity index is 0.983. The van der Waals surface area contributed by atoms with Gasteiger partial charge in [0.05, 0.1) is 10.0 Å². The van der Waals surface area contributed by atoms with Crippen LogP contribution in [0, 0.1) is 13.8 Å². The minimum Gasteiger partial charge on any atom is -0.489 e. The number of aromatic nitrogens is 1.